The van der Waals surface area contributed by atoms with Crippen LogP contribution < -0.4 is 0 Å². The van der Waals surface area contributed by atoms with Crippen molar-refractivity contribution in [2.45, 2.75) is 72.8 Å². The standard InChI is InChI=1S/C25H33N3O3/c1-15-9-10-18-21(27-28(23(18)26-15)11-12-31-16(2)29)17-13-19(24(3,4)5)22(30)20(14-17)25(6,7)8/h9-10,13-14,30H,11-12H2,1-8H3. The molecule has 0 spiro atoms. The fourth-order valence-corrected chi connectivity index (χ4v) is 3.71. The van der Waals surface area contributed by atoms with Gasteiger partial charge in [0.15, 0.2) is 5.65 Å². The van der Waals surface area contributed by atoms with Crippen molar-refractivity contribution < 1.29 is 14.6 Å². The first-order valence-electron chi connectivity index (χ1n) is 10.6. The summed E-state index contributed by atoms with van der Waals surface area (Å²) in [5.41, 5.74) is 4.70. The van der Waals surface area contributed by atoms with Crippen LogP contribution in [0.3, 0.4) is 0 Å². The minimum atomic E-state index is -0.316. The molecule has 6 nitrogen and oxygen atoms in total. The molecule has 0 aliphatic carbocycles. The van der Waals surface area contributed by atoms with E-state index in [0.717, 1.165) is 39.1 Å². The van der Waals surface area contributed by atoms with Crippen molar-refractivity contribution >= 4 is 17.0 Å². The Balaban J connectivity index is 2.24. The molecule has 0 aliphatic heterocycles. The quantitative estimate of drug-likeness (QED) is 0.579. The summed E-state index contributed by atoms with van der Waals surface area (Å²) >= 11 is 0. The van der Waals surface area contributed by atoms with Crippen molar-refractivity contribution in [3.05, 3.63) is 41.1 Å². The molecular weight excluding hydrogens is 390 g/mol. The summed E-state index contributed by atoms with van der Waals surface area (Å²) in [5, 5.41) is 16.9. The molecule has 166 valence electrons. The molecule has 3 aromatic rings. The molecule has 0 amide bonds. The van der Waals surface area contributed by atoms with E-state index in [0.29, 0.717) is 12.3 Å². The number of aromatic hydroxyl groups is 1. The van der Waals surface area contributed by atoms with Crippen LogP contribution in [0.15, 0.2) is 24.3 Å². The van der Waals surface area contributed by atoms with E-state index in [2.05, 4.69) is 41.5 Å². The maximum absolute atomic E-state index is 11.2. The summed E-state index contributed by atoms with van der Waals surface area (Å²) in [4.78, 5) is 15.9. The summed E-state index contributed by atoms with van der Waals surface area (Å²) in [5.74, 6) is 0.0281. The number of hydrogen-bond acceptors (Lipinski definition) is 5. The molecule has 2 aromatic heterocycles. The summed E-state index contributed by atoms with van der Waals surface area (Å²) in [6.45, 7) is 16.6. The van der Waals surface area contributed by atoms with E-state index in [9.17, 15) is 9.90 Å². The number of phenolic OH excluding ortho intramolecular Hbond substituents is 1. The second-order valence-electron chi connectivity index (χ2n) is 10.2. The first-order chi connectivity index (χ1) is 14.3. The second-order valence-corrected chi connectivity index (χ2v) is 10.2. The molecular formula is C25H33N3O3. The lowest BCUT2D eigenvalue weighted by atomic mass is 9.78. The third-order valence-corrected chi connectivity index (χ3v) is 5.34. The number of carbonyl (C=O) groups is 1. The van der Waals surface area contributed by atoms with Crippen LogP contribution in [0.5, 0.6) is 5.75 Å². The smallest absolute Gasteiger partial charge is 0.302 e. The van der Waals surface area contributed by atoms with E-state index < -0.39 is 0 Å². The average Bonchev–Trinajstić information content (AvgIpc) is 2.97. The fourth-order valence-electron chi connectivity index (χ4n) is 3.71. The Hall–Kier alpha value is -2.89. The van der Waals surface area contributed by atoms with Gasteiger partial charge >= 0.3 is 5.97 Å². The van der Waals surface area contributed by atoms with Crippen molar-refractivity contribution in [2.24, 2.45) is 0 Å². The predicted molar refractivity (Wildman–Crippen MR) is 123 cm³/mol. The summed E-state index contributed by atoms with van der Waals surface area (Å²) in [6, 6.07) is 8.06. The normalized spacial score (nSPS) is 12.4. The molecule has 0 saturated heterocycles. The minimum Gasteiger partial charge on any atom is -0.507 e. The molecule has 31 heavy (non-hydrogen) atoms. The highest BCUT2D eigenvalue weighted by Crippen LogP contribution is 2.42. The molecule has 3 rings (SSSR count). The van der Waals surface area contributed by atoms with E-state index >= 15 is 0 Å². The van der Waals surface area contributed by atoms with Crippen LogP contribution in [0.4, 0.5) is 0 Å². The number of aromatic nitrogens is 3. The number of hydrogen-bond donors (Lipinski definition) is 1. The minimum absolute atomic E-state index is 0.233. The first-order valence-corrected chi connectivity index (χ1v) is 10.6. The zero-order valence-electron chi connectivity index (χ0n) is 19.8. The zero-order chi connectivity index (χ0) is 23.1. The number of esters is 1. The Morgan fingerprint density at radius 2 is 1.65 bits per heavy atom. The Morgan fingerprint density at radius 1 is 1.06 bits per heavy atom. The van der Waals surface area contributed by atoms with Gasteiger partial charge in [0.2, 0.25) is 0 Å². The van der Waals surface area contributed by atoms with Gasteiger partial charge in [0.05, 0.1) is 6.54 Å². The number of aryl methyl sites for hydroxylation is 1. The molecule has 2 heterocycles. The molecule has 0 aliphatic rings. The number of pyridine rings is 1. The van der Waals surface area contributed by atoms with Gasteiger partial charge in [-0.2, -0.15) is 5.10 Å². The highest BCUT2D eigenvalue weighted by Gasteiger charge is 2.28. The second kappa shape index (κ2) is 7.98. The number of benzene rings is 1. The third kappa shape index (κ3) is 4.73. The Bertz CT molecular complexity index is 1100. The van der Waals surface area contributed by atoms with E-state index in [4.69, 9.17) is 14.8 Å². The van der Waals surface area contributed by atoms with Gasteiger partial charge in [-0.1, -0.05) is 41.5 Å². The molecule has 0 saturated carbocycles. The molecule has 1 N–H and O–H groups in total. The van der Waals surface area contributed by atoms with Crippen LogP contribution in [0.2, 0.25) is 0 Å². The molecule has 6 heteroatoms. The van der Waals surface area contributed by atoms with Crippen molar-refractivity contribution in [3.8, 4) is 17.0 Å². The van der Waals surface area contributed by atoms with Crippen molar-refractivity contribution in [3.63, 3.8) is 0 Å². The number of phenols is 1. The largest absolute Gasteiger partial charge is 0.507 e. The Kier molecular flexibility index (Phi) is 5.87. The van der Waals surface area contributed by atoms with Crippen LogP contribution in [0.1, 0.15) is 65.3 Å². The van der Waals surface area contributed by atoms with Crippen LogP contribution in [0.25, 0.3) is 22.3 Å². The van der Waals surface area contributed by atoms with Gasteiger partial charge in [-0.25, -0.2) is 9.67 Å². The summed E-state index contributed by atoms with van der Waals surface area (Å²) < 4.78 is 6.92. The summed E-state index contributed by atoms with van der Waals surface area (Å²) in [7, 11) is 0. The number of carbonyl (C=O) groups excluding carboxylic acids is 1. The van der Waals surface area contributed by atoms with Crippen molar-refractivity contribution in [1.29, 1.82) is 0 Å². The van der Waals surface area contributed by atoms with Crippen LogP contribution >= 0.6 is 0 Å². The number of nitrogens with zero attached hydrogens (tertiary/aromatic N) is 3. The fraction of sp³-hybridized carbons (Fsp3) is 0.480. The number of fused-ring (bicyclic) bond motifs is 1. The average molecular weight is 424 g/mol. The van der Waals surface area contributed by atoms with Gasteiger partial charge in [-0.3, -0.25) is 4.79 Å². The van der Waals surface area contributed by atoms with Gasteiger partial charge in [0.1, 0.15) is 18.1 Å². The SMILES string of the molecule is CC(=O)OCCn1nc(-c2cc(C(C)(C)C)c(O)c(C(C)(C)C)c2)c2ccc(C)nc21. The van der Waals surface area contributed by atoms with Crippen molar-refractivity contribution in [2.75, 3.05) is 6.61 Å². The Morgan fingerprint density at radius 3 is 2.16 bits per heavy atom. The van der Waals surface area contributed by atoms with E-state index in [1.54, 1.807) is 4.68 Å². The van der Waals surface area contributed by atoms with Gasteiger partial charge < -0.3 is 9.84 Å². The highest BCUT2D eigenvalue weighted by molar-refractivity contribution is 5.92. The maximum Gasteiger partial charge on any atom is 0.302 e. The molecule has 0 atom stereocenters. The van der Waals surface area contributed by atoms with E-state index in [1.165, 1.54) is 6.92 Å². The molecule has 1 aromatic carbocycles. The lowest BCUT2D eigenvalue weighted by molar-refractivity contribution is -0.141. The number of rotatable bonds is 4. The zero-order valence-corrected chi connectivity index (χ0v) is 19.8. The number of ether oxygens (including phenoxy) is 1. The van der Waals surface area contributed by atoms with Gasteiger partial charge in [0, 0.05) is 34.7 Å². The Labute approximate surface area is 184 Å². The van der Waals surface area contributed by atoms with Gasteiger partial charge in [0.25, 0.3) is 0 Å². The van der Waals surface area contributed by atoms with E-state index in [1.807, 2.05) is 31.2 Å². The lowest BCUT2D eigenvalue weighted by Crippen LogP contribution is -2.17. The summed E-state index contributed by atoms with van der Waals surface area (Å²) in [6.07, 6.45) is 0. The maximum atomic E-state index is 11.2. The highest BCUT2D eigenvalue weighted by atomic mass is 16.5. The molecule has 0 bridgehead atoms. The molecule has 0 fully saturated rings. The first kappa shape index (κ1) is 22.8. The molecule has 0 unspecified atom stereocenters. The van der Waals surface area contributed by atoms with Gasteiger partial charge in [-0.05, 0) is 42.0 Å². The van der Waals surface area contributed by atoms with Crippen LogP contribution in [0, 0.1) is 6.92 Å². The van der Waals surface area contributed by atoms with Gasteiger partial charge in [-0.15, -0.1) is 0 Å². The molecule has 0 radical (unpaired) electrons. The topological polar surface area (TPSA) is 77.2 Å². The monoisotopic (exact) mass is 423 g/mol. The predicted octanol–water partition coefficient (Wildman–Crippen LogP) is 5.27. The van der Waals surface area contributed by atoms with Crippen LogP contribution in [-0.4, -0.2) is 32.4 Å². The van der Waals surface area contributed by atoms with Crippen LogP contribution in [-0.2, 0) is 26.9 Å². The van der Waals surface area contributed by atoms with E-state index in [-0.39, 0.29) is 23.4 Å². The lowest BCUT2D eigenvalue weighted by Gasteiger charge is -2.28. The third-order valence-electron chi connectivity index (χ3n) is 5.34. The van der Waals surface area contributed by atoms with Crippen molar-refractivity contribution in [1.82, 2.24) is 14.8 Å².